The van der Waals surface area contributed by atoms with E-state index in [2.05, 4.69) is 15.3 Å². The summed E-state index contributed by atoms with van der Waals surface area (Å²) in [6.45, 7) is 5.90. The second kappa shape index (κ2) is 3.84. The molecule has 2 heterocycles. The Bertz CT molecular complexity index is 392. The summed E-state index contributed by atoms with van der Waals surface area (Å²) >= 11 is 0. The highest BCUT2D eigenvalue weighted by molar-refractivity contribution is 5.61. The molecule has 0 amide bonds. The number of nitrogens with zero attached hydrogens (tertiary/aromatic N) is 4. The number of nitrogen functional groups attached to an aromatic ring is 1. The maximum atomic E-state index is 5.57. The first kappa shape index (κ1) is 9.44. The first-order chi connectivity index (χ1) is 6.29. The lowest BCUT2D eigenvalue weighted by Crippen LogP contribution is -1.91. The van der Waals surface area contributed by atoms with Crippen molar-refractivity contribution in [1.29, 1.82) is 0 Å². The molecule has 0 spiro atoms. The maximum absolute atomic E-state index is 5.57. The average Bonchev–Trinajstić information content (AvgIpc) is 2.47. The number of rotatable bonds is 0. The van der Waals surface area contributed by atoms with E-state index in [-0.39, 0.29) is 0 Å². The second-order valence-corrected chi connectivity index (χ2v) is 2.32. The van der Waals surface area contributed by atoms with E-state index in [0.717, 1.165) is 11.1 Å². The van der Waals surface area contributed by atoms with E-state index in [1.165, 1.54) is 6.33 Å². The number of hydrogen-bond donors (Lipinski definition) is 1. The Hall–Kier alpha value is -1.65. The van der Waals surface area contributed by atoms with Gasteiger partial charge in [-0.1, -0.05) is 13.8 Å². The van der Waals surface area contributed by atoms with Gasteiger partial charge in [0.25, 0.3) is 0 Å². The van der Waals surface area contributed by atoms with Gasteiger partial charge in [-0.15, -0.1) is 10.2 Å². The molecule has 2 aromatic rings. The van der Waals surface area contributed by atoms with Crippen molar-refractivity contribution in [2.75, 3.05) is 5.73 Å². The Kier molecular flexibility index (Phi) is 2.79. The van der Waals surface area contributed by atoms with E-state index in [1.54, 1.807) is 10.7 Å². The minimum Gasteiger partial charge on any atom is -0.382 e. The highest BCUT2D eigenvalue weighted by Gasteiger charge is 2.03. The van der Waals surface area contributed by atoms with Crippen LogP contribution in [0.15, 0.2) is 12.5 Å². The van der Waals surface area contributed by atoms with E-state index in [0.29, 0.717) is 5.82 Å². The summed E-state index contributed by atoms with van der Waals surface area (Å²) in [7, 11) is 0. The van der Waals surface area contributed by atoms with Gasteiger partial charge in [-0.05, 0) is 6.92 Å². The van der Waals surface area contributed by atoms with Crippen molar-refractivity contribution in [3.63, 3.8) is 0 Å². The van der Waals surface area contributed by atoms with Crippen LogP contribution >= 0.6 is 0 Å². The van der Waals surface area contributed by atoms with Crippen LogP contribution in [-0.4, -0.2) is 19.8 Å². The summed E-state index contributed by atoms with van der Waals surface area (Å²) in [5.74, 6) is 0.528. The smallest absolute Gasteiger partial charge is 0.149 e. The molecule has 70 valence electrons. The number of aryl methyl sites for hydroxylation is 1. The second-order valence-electron chi connectivity index (χ2n) is 2.32. The lowest BCUT2D eigenvalue weighted by Gasteiger charge is -1.87. The van der Waals surface area contributed by atoms with Crippen LogP contribution in [-0.2, 0) is 0 Å². The summed E-state index contributed by atoms with van der Waals surface area (Å²) in [5, 5.41) is 11.4. The number of anilines is 1. The quantitative estimate of drug-likeness (QED) is 0.656. The SMILES string of the molecule is CC.Cc1c(N)nn2cnncc12. The Balaban J connectivity index is 0.000000396. The zero-order valence-corrected chi connectivity index (χ0v) is 8.02. The molecule has 5 heteroatoms. The normalized spacial score (nSPS) is 9.46. The van der Waals surface area contributed by atoms with Gasteiger partial charge in [0.1, 0.15) is 12.1 Å². The molecule has 0 bridgehead atoms. The van der Waals surface area contributed by atoms with Crippen LogP contribution in [0.4, 0.5) is 5.82 Å². The number of aromatic nitrogens is 4. The third kappa shape index (κ3) is 1.58. The molecule has 0 atom stereocenters. The van der Waals surface area contributed by atoms with Crippen molar-refractivity contribution >= 4 is 11.3 Å². The summed E-state index contributed by atoms with van der Waals surface area (Å²) in [4.78, 5) is 0. The minimum atomic E-state index is 0.528. The minimum absolute atomic E-state index is 0.528. The van der Waals surface area contributed by atoms with Crippen molar-refractivity contribution in [3.05, 3.63) is 18.1 Å². The van der Waals surface area contributed by atoms with Crippen molar-refractivity contribution in [2.45, 2.75) is 20.8 Å². The Morgan fingerprint density at radius 2 is 2.00 bits per heavy atom. The lowest BCUT2D eigenvalue weighted by molar-refractivity contribution is 0.867. The van der Waals surface area contributed by atoms with Crippen LogP contribution in [0.1, 0.15) is 19.4 Å². The first-order valence-electron chi connectivity index (χ1n) is 4.20. The fourth-order valence-electron chi connectivity index (χ4n) is 0.959. The highest BCUT2D eigenvalue weighted by atomic mass is 15.3. The van der Waals surface area contributed by atoms with E-state index >= 15 is 0 Å². The molecule has 0 saturated heterocycles. The molecule has 2 aromatic heterocycles. The van der Waals surface area contributed by atoms with E-state index in [1.807, 2.05) is 20.8 Å². The van der Waals surface area contributed by atoms with Crippen molar-refractivity contribution in [1.82, 2.24) is 19.8 Å². The molecule has 2 N–H and O–H groups in total. The van der Waals surface area contributed by atoms with Gasteiger partial charge >= 0.3 is 0 Å². The number of nitrogens with two attached hydrogens (primary N) is 1. The predicted octanol–water partition coefficient (Wildman–Crippen LogP) is 1.04. The lowest BCUT2D eigenvalue weighted by atomic mass is 10.3. The van der Waals surface area contributed by atoms with Gasteiger partial charge in [-0.25, -0.2) is 4.52 Å². The predicted molar refractivity (Wildman–Crippen MR) is 51.3 cm³/mol. The Labute approximate surface area is 76.6 Å². The van der Waals surface area contributed by atoms with Crippen molar-refractivity contribution < 1.29 is 0 Å². The van der Waals surface area contributed by atoms with Crippen molar-refractivity contribution in [3.8, 4) is 0 Å². The van der Waals surface area contributed by atoms with Crippen LogP contribution in [0.3, 0.4) is 0 Å². The number of fused-ring (bicyclic) bond motifs is 1. The molecule has 13 heavy (non-hydrogen) atoms. The van der Waals surface area contributed by atoms with Gasteiger partial charge in [-0.2, -0.15) is 5.10 Å². The topological polar surface area (TPSA) is 69.1 Å². The van der Waals surface area contributed by atoms with Crippen LogP contribution in [0, 0.1) is 6.92 Å². The molecular formula is C8H13N5. The Morgan fingerprint density at radius 3 is 2.62 bits per heavy atom. The molecule has 0 aliphatic heterocycles. The molecule has 5 nitrogen and oxygen atoms in total. The Morgan fingerprint density at radius 1 is 1.31 bits per heavy atom. The largest absolute Gasteiger partial charge is 0.382 e. The standard InChI is InChI=1S/C6H7N5.C2H6/c1-4-5-2-8-9-3-11(5)10-6(4)7;1-2/h2-3H,1H3,(H2,7,10);1-2H3. The fourth-order valence-corrected chi connectivity index (χ4v) is 0.959. The highest BCUT2D eigenvalue weighted by Crippen LogP contribution is 2.13. The van der Waals surface area contributed by atoms with Gasteiger partial charge in [0, 0.05) is 5.56 Å². The van der Waals surface area contributed by atoms with Gasteiger partial charge in [0.05, 0.1) is 11.7 Å². The third-order valence-corrected chi connectivity index (χ3v) is 1.64. The van der Waals surface area contributed by atoms with Crippen molar-refractivity contribution in [2.24, 2.45) is 0 Å². The monoisotopic (exact) mass is 179 g/mol. The molecule has 0 unspecified atom stereocenters. The third-order valence-electron chi connectivity index (χ3n) is 1.64. The van der Waals surface area contributed by atoms with Crippen LogP contribution in [0.2, 0.25) is 0 Å². The first-order valence-corrected chi connectivity index (χ1v) is 4.20. The van der Waals surface area contributed by atoms with Crippen LogP contribution < -0.4 is 5.73 Å². The molecule has 0 aliphatic carbocycles. The van der Waals surface area contributed by atoms with Crippen LogP contribution in [0.25, 0.3) is 5.52 Å². The fraction of sp³-hybridized carbons (Fsp3) is 0.375. The molecule has 0 aromatic carbocycles. The zero-order valence-electron chi connectivity index (χ0n) is 8.02. The van der Waals surface area contributed by atoms with Crippen LogP contribution in [0.5, 0.6) is 0 Å². The van der Waals surface area contributed by atoms with E-state index in [4.69, 9.17) is 5.73 Å². The number of hydrogen-bond acceptors (Lipinski definition) is 4. The molecule has 0 aliphatic rings. The zero-order chi connectivity index (χ0) is 9.84. The van der Waals surface area contributed by atoms with E-state index in [9.17, 15) is 0 Å². The maximum Gasteiger partial charge on any atom is 0.149 e. The van der Waals surface area contributed by atoms with Gasteiger partial charge in [-0.3, -0.25) is 0 Å². The molecule has 0 radical (unpaired) electrons. The molecule has 0 saturated carbocycles. The molecular weight excluding hydrogens is 166 g/mol. The summed E-state index contributed by atoms with van der Waals surface area (Å²) in [6.07, 6.45) is 3.16. The summed E-state index contributed by atoms with van der Waals surface area (Å²) in [5.41, 5.74) is 7.41. The molecule has 0 fully saturated rings. The average molecular weight is 179 g/mol. The summed E-state index contributed by atoms with van der Waals surface area (Å²) in [6, 6.07) is 0. The van der Waals surface area contributed by atoms with Gasteiger partial charge in [0.15, 0.2) is 0 Å². The summed E-state index contributed by atoms with van der Waals surface area (Å²) < 4.78 is 1.61. The van der Waals surface area contributed by atoms with Gasteiger partial charge < -0.3 is 5.73 Å². The van der Waals surface area contributed by atoms with Gasteiger partial charge in [0.2, 0.25) is 0 Å². The molecule has 2 rings (SSSR count). The van der Waals surface area contributed by atoms with E-state index < -0.39 is 0 Å².